The van der Waals surface area contributed by atoms with Crippen LogP contribution in [0.2, 0.25) is 10.0 Å². The highest BCUT2D eigenvalue weighted by molar-refractivity contribution is 8.18. The molecule has 1 saturated heterocycles. The molecule has 0 aromatic heterocycles. The molecule has 154 valence electrons. The fourth-order valence-electron chi connectivity index (χ4n) is 2.60. The van der Waals surface area contributed by atoms with Gasteiger partial charge in [-0.05, 0) is 30.0 Å². The Labute approximate surface area is 182 Å². The minimum Gasteiger partial charge on any atom is -0.502 e. The van der Waals surface area contributed by atoms with Gasteiger partial charge in [-0.15, -0.1) is 0 Å². The molecule has 0 unspecified atom stereocenters. The minimum atomic E-state index is -0.995. The number of amides is 2. The molecule has 1 N–H and O–H groups in total. The summed E-state index contributed by atoms with van der Waals surface area (Å²) in [6, 6.07) is 6.13. The molecule has 30 heavy (non-hydrogen) atoms. The second kappa shape index (κ2) is 8.30. The molecule has 1 heterocycles. The van der Waals surface area contributed by atoms with Crippen LogP contribution in [0, 0.1) is 20.2 Å². The van der Waals surface area contributed by atoms with Gasteiger partial charge in [-0.3, -0.25) is 34.7 Å². The molecule has 0 saturated carbocycles. The maximum absolute atomic E-state index is 12.7. The van der Waals surface area contributed by atoms with Crippen LogP contribution in [-0.4, -0.2) is 31.0 Å². The molecule has 1 fully saturated rings. The number of benzene rings is 2. The summed E-state index contributed by atoms with van der Waals surface area (Å²) in [4.78, 5) is 45.9. The van der Waals surface area contributed by atoms with Gasteiger partial charge < -0.3 is 5.11 Å². The standard InChI is InChI=1S/C17H9Cl2N3O7S/c18-11-2-1-3-12(19)10(11)7-20-16(24)14(30-17(20)25)5-8-4-9(21(26)27)6-13(15(8)23)22(28)29/h1-6,23H,7H2/b14-5-. The number of hydrogen-bond donors (Lipinski definition) is 1. The molecule has 0 spiro atoms. The molecule has 2 aromatic carbocycles. The van der Waals surface area contributed by atoms with E-state index >= 15 is 0 Å². The zero-order valence-corrected chi connectivity index (χ0v) is 16.9. The molecule has 13 heteroatoms. The van der Waals surface area contributed by atoms with Gasteiger partial charge >= 0.3 is 5.69 Å². The Bertz CT molecular complexity index is 1130. The summed E-state index contributed by atoms with van der Waals surface area (Å²) in [5.41, 5.74) is -1.57. The Kier molecular flexibility index (Phi) is 5.97. The van der Waals surface area contributed by atoms with Gasteiger partial charge in [0.05, 0.1) is 27.4 Å². The van der Waals surface area contributed by atoms with Crippen LogP contribution in [0.15, 0.2) is 35.2 Å². The Balaban J connectivity index is 2.00. The summed E-state index contributed by atoms with van der Waals surface area (Å²) < 4.78 is 0. The van der Waals surface area contributed by atoms with Crippen molar-refractivity contribution in [2.24, 2.45) is 0 Å². The van der Waals surface area contributed by atoms with Gasteiger partial charge in [0.15, 0.2) is 0 Å². The van der Waals surface area contributed by atoms with E-state index in [2.05, 4.69) is 0 Å². The van der Waals surface area contributed by atoms with Crippen molar-refractivity contribution in [2.45, 2.75) is 6.54 Å². The third-order valence-electron chi connectivity index (χ3n) is 4.05. The highest BCUT2D eigenvalue weighted by Gasteiger charge is 2.36. The van der Waals surface area contributed by atoms with E-state index in [0.29, 0.717) is 23.4 Å². The van der Waals surface area contributed by atoms with Gasteiger partial charge in [-0.1, -0.05) is 29.3 Å². The number of aromatic hydroxyl groups is 1. The molecule has 10 nitrogen and oxygen atoms in total. The van der Waals surface area contributed by atoms with E-state index in [-0.39, 0.29) is 27.1 Å². The third-order valence-corrected chi connectivity index (χ3v) is 5.67. The summed E-state index contributed by atoms with van der Waals surface area (Å²) in [6.07, 6.45) is 0.981. The van der Waals surface area contributed by atoms with Crippen LogP contribution in [0.5, 0.6) is 5.75 Å². The first kappa shape index (κ1) is 21.6. The van der Waals surface area contributed by atoms with Gasteiger partial charge in [0.25, 0.3) is 16.8 Å². The van der Waals surface area contributed by atoms with Crippen LogP contribution in [0.25, 0.3) is 6.08 Å². The van der Waals surface area contributed by atoms with Crippen LogP contribution < -0.4 is 0 Å². The Morgan fingerprint density at radius 2 is 1.73 bits per heavy atom. The quantitative estimate of drug-likeness (QED) is 0.375. The molecule has 2 amide bonds. The average Bonchev–Trinajstić information content (AvgIpc) is 2.92. The lowest BCUT2D eigenvalue weighted by molar-refractivity contribution is -0.394. The Morgan fingerprint density at radius 3 is 2.30 bits per heavy atom. The number of phenols is 1. The number of nitrogens with zero attached hydrogens (tertiary/aromatic N) is 3. The van der Waals surface area contributed by atoms with Crippen molar-refractivity contribution in [1.29, 1.82) is 0 Å². The van der Waals surface area contributed by atoms with Crippen LogP contribution in [0.3, 0.4) is 0 Å². The second-order valence-electron chi connectivity index (χ2n) is 5.89. The van der Waals surface area contributed by atoms with Crippen molar-refractivity contribution >= 4 is 63.6 Å². The molecular weight excluding hydrogens is 461 g/mol. The molecule has 1 aliphatic heterocycles. The van der Waals surface area contributed by atoms with Crippen LogP contribution in [0.4, 0.5) is 16.2 Å². The van der Waals surface area contributed by atoms with E-state index in [4.69, 9.17) is 23.2 Å². The molecule has 1 aliphatic rings. The average molecular weight is 470 g/mol. The van der Waals surface area contributed by atoms with Crippen molar-refractivity contribution in [2.75, 3.05) is 0 Å². The molecule has 0 aliphatic carbocycles. The number of non-ortho nitro benzene ring substituents is 1. The summed E-state index contributed by atoms with van der Waals surface area (Å²) in [7, 11) is 0. The third kappa shape index (κ3) is 4.08. The number of nitro groups is 2. The second-order valence-corrected chi connectivity index (χ2v) is 7.69. The number of halogens is 2. The first-order chi connectivity index (χ1) is 14.1. The number of phenolic OH excluding ortho intramolecular Hbond substituents is 1. The normalized spacial score (nSPS) is 15.1. The number of nitro benzene ring substituents is 2. The smallest absolute Gasteiger partial charge is 0.318 e. The molecule has 0 bridgehead atoms. The SMILES string of the molecule is O=C1S/C(=C\c2cc([N+](=O)[O-])cc([N+](=O)[O-])c2O)C(=O)N1Cc1c(Cl)cccc1Cl. The van der Waals surface area contributed by atoms with E-state index in [9.17, 15) is 34.9 Å². The largest absolute Gasteiger partial charge is 0.502 e. The zero-order chi connectivity index (χ0) is 22.2. The van der Waals surface area contributed by atoms with E-state index in [0.717, 1.165) is 17.0 Å². The lowest BCUT2D eigenvalue weighted by Gasteiger charge is -2.14. The van der Waals surface area contributed by atoms with Crippen molar-refractivity contribution in [3.05, 3.63) is 76.6 Å². The number of rotatable bonds is 5. The number of carbonyl (C=O) groups excluding carboxylic acids is 2. The predicted octanol–water partition coefficient (Wildman–Crippen LogP) is 4.75. The maximum atomic E-state index is 12.7. The van der Waals surface area contributed by atoms with Crippen molar-refractivity contribution in [3.8, 4) is 5.75 Å². The van der Waals surface area contributed by atoms with E-state index in [1.807, 2.05) is 0 Å². The van der Waals surface area contributed by atoms with Gasteiger partial charge in [0.2, 0.25) is 5.75 Å². The summed E-state index contributed by atoms with van der Waals surface area (Å²) in [6.45, 7) is -0.221. The lowest BCUT2D eigenvalue weighted by Crippen LogP contribution is -2.27. The Hall–Kier alpha value is -3.15. The first-order valence-corrected chi connectivity index (χ1v) is 9.51. The molecule has 0 radical (unpaired) electrons. The first-order valence-electron chi connectivity index (χ1n) is 7.94. The van der Waals surface area contributed by atoms with Crippen LogP contribution in [0.1, 0.15) is 11.1 Å². The highest BCUT2D eigenvalue weighted by atomic mass is 35.5. The van der Waals surface area contributed by atoms with E-state index in [1.165, 1.54) is 12.1 Å². The molecular formula is C17H9Cl2N3O7S. The monoisotopic (exact) mass is 469 g/mol. The van der Waals surface area contributed by atoms with Crippen LogP contribution in [-0.2, 0) is 11.3 Å². The van der Waals surface area contributed by atoms with Crippen molar-refractivity contribution in [1.82, 2.24) is 4.90 Å². The van der Waals surface area contributed by atoms with Crippen molar-refractivity contribution in [3.63, 3.8) is 0 Å². The minimum absolute atomic E-state index is 0.187. The zero-order valence-electron chi connectivity index (χ0n) is 14.6. The fraction of sp³-hybridized carbons (Fsp3) is 0.0588. The highest BCUT2D eigenvalue weighted by Crippen LogP contribution is 2.40. The van der Waals surface area contributed by atoms with Crippen molar-refractivity contribution < 1.29 is 24.5 Å². The Morgan fingerprint density at radius 1 is 1.10 bits per heavy atom. The van der Waals surface area contributed by atoms with E-state index < -0.39 is 38.1 Å². The number of carbonyl (C=O) groups is 2. The molecule has 0 atom stereocenters. The topological polar surface area (TPSA) is 144 Å². The number of hydrogen-bond acceptors (Lipinski definition) is 8. The van der Waals surface area contributed by atoms with Crippen LogP contribution >= 0.6 is 35.0 Å². The summed E-state index contributed by atoms with van der Waals surface area (Å²) in [5, 5.41) is 32.0. The maximum Gasteiger partial charge on any atom is 0.318 e. The molecule has 3 rings (SSSR count). The number of thioether (sulfide) groups is 1. The lowest BCUT2D eigenvalue weighted by atomic mass is 10.1. The van der Waals surface area contributed by atoms with Gasteiger partial charge in [-0.2, -0.15) is 0 Å². The predicted molar refractivity (Wildman–Crippen MR) is 109 cm³/mol. The fourth-order valence-corrected chi connectivity index (χ4v) is 3.95. The van der Waals surface area contributed by atoms with Gasteiger partial charge in [-0.25, -0.2) is 0 Å². The summed E-state index contributed by atoms with van der Waals surface area (Å²) in [5.74, 6) is -1.64. The number of imide groups is 1. The van der Waals surface area contributed by atoms with Gasteiger partial charge in [0.1, 0.15) is 0 Å². The summed E-state index contributed by atoms with van der Waals surface area (Å²) >= 11 is 12.6. The van der Waals surface area contributed by atoms with Gasteiger partial charge in [0, 0.05) is 27.2 Å². The van der Waals surface area contributed by atoms with E-state index in [1.54, 1.807) is 6.07 Å². The molecule has 2 aromatic rings.